The van der Waals surface area contributed by atoms with Crippen LogP contribution in [0.5, 0.6) is 0 Å². The second-order valence-corrected chi connectivity index (χ2v) is 5.72. The minimum absolute atomic E-state index is 0.152. The van der Waals surface area contributed by atoms with Gasteiger partial charge in [0.15, 0.2) is 0 Å². The lowest BCUT2D eigenvalue weighted by molar-refractivity contribution is -0.141. The van der Waals surface area contributed by atoms with Crippen LogP contribution in [0.2, 0.25) is 0 Å². The molecule has 0 aromatic carbocycles. The van der Waals surface area contributed by atoms with Crippen LogP contribution in [0.25, 0.3) is 0 Å². The second-order valence-electron chi connectivity index (χ2n) is 4.66. The van der Waals surface area contributed by atoms with Crippen molar-refractivity contribution in [3.05, 3.63) is 16.1 Å². The van der Waals surface area contributed by atoms with Crippen molar-refractivity contribution in [2.45, 2.75) is 38.8 Å². The van der Waals surface area contributed by atoms with Crippen molar-refractivity contribution < 1.29 is 19.4 Å². The van der Waals surface area contributed by atoms with Crippen LogP contribution in [0, 0.1) is 0 Å². The maximum absolute atomic E-state index is 12.3. The molecule has 1 N–H and O–H groups in total. The summed E-state index contributed by atoms with van der Waals surface area (Å²) in [5.74, 6) is -1.19. The zero-order valence-corrected chi connectivity index (χ0v) is 12.4. The Hall–Kier alpha value is -1.47. The standard InChI is InChI=1S/C13H18N2O4S/c1-3-19-8(2)11-14-7-10(20-11)12(16)15-6-4-5-9(15)13(17)18/h7-9H,3-6H2,1-2H3,(H,17,18). The van der Waals surface area contributed by atoms with Crippen molar-refractivity contribution in [3.8, 4) is 0 Å². The summed E-state index contributed by atoms with van der Waals surface area (Å²) < 4.78 is 5.43. The Labute approximate surface area is 121 Å². The van der Waals surface area contributed by atoms with Crippen LogP contribution in [0.3, 0.4) is 0 Å². The second kappa shape index (κ2) is 6.32. The Balaban J connectivity index is 2.11. The van der Waals surface area contributed by atoms with Gasteiger partial charge in [0, 0.05) is 13.2 Å². The summed E-state index contributed by atoms with van der Waals surface area (Å²) >= 11 is 1.27. The van der Waals surface area contributed by atoms with Gasteiger partial charge in [0.2, 0.25) is 0 Å². The molecule has 1 aliphatic rings. The van der Waals surface area contributed by atoms with Crippen LogP contribution < -0.4 is 0 Å². The number of hydrogen-bond donors (Lipinski definition) is 1. The molecule has 2 heterocycles. The van der Waals surface area contributed by atoms with Gasteiger partial charge in [-0.3, -0.25) is 4.79 Å². The first kappa shape index (κ1) is 14.9. The molecule has 2 unspecified atom stereocenters. The summed E-state index contributed by atoms with van der Waals surface area (Å²) in [6.45, 7) is 4.85. The number of thiazole rings is 1. The molecule has 0 radical (unpaired) electrons. The minimum atomic E-state index is -0.941. The first-order valence-corrected chi connectivity index (χ1v) is 7.47. The van der Waals surface area contributed by atoms with Gasteiger partial charge < -0.3 is 14.7 Å². The van der Waals surface area contributed by atoms with Gasteiger partial charge in [-0.2, -0.15) is 0 Å². The van der Waals surface area contributed by atoms with Crippen LogP contribution in [-0.4, -0.2) is 46.1 Å². The molecule has 0 aliphatic carbocycles. The molecule has 0 bridgehead atoms. The van der Waals surface area contributed by atoms with Crippen LogP contribution in [0.4, 0.5) is 0 Å². The van der Waals surface area contributed by atoms with E-state index in [1.165, 1.54) is 22.4 Å². The van der Waals surface area contributed by atoms with E-state index in [0.29, 0.717) is 24.4 Å². The number of rotatable bonds is 5. The average molecular weight is 298 g/mol. The summed E-state index contributed by atoms with van der Waals surface area (Å²) in [6, 6.07) is -0.711. The lowest BCUT2D eigenvalue weighted by Gasteiger charge is -2.20. The Morgan fingerprint density at radius 1 is 1.65 bits per heavy atom. The van der Waals surface area contributed by atoms with Gasteiger partial charge in [-0.05, 0) is 26.7 Å². The summed E-state index contributed by atoms with van der Waals surface area (Å²) in [7, 11) is 0. The number of nitrogens with zero attached hydrogens (tertiary/aromatic N) is 2. The number of amides is 1. The fourth-order valence-corrected chi connectivity index (χ4v) is 3.18. The molecule has 0 saturated carbocycles. The Kier molecular flexibility index (Phi) is 4.72. The molecule has 6 nitrogen and oxygen atoms in total. The van der Waals surface area contributed by atoms with Crippen molar-refractivity contribution in [1.29, 1.82) is 0 Å². The lowest BCUT2D eigenvalue weighted by atomic mass is 10.2. The summed E-state index contributed by atoms with van der Waals surface area (Å²) in [4.78, 5) is 29.6. The summed E-state index contributed by atoms with van der Waals surface area (Å²) in [5, 5.41) is 9.85. The third-order valence-corrected chi connectivity index (χ3v) is 4.44. The van der Waals surface area contributed by atoms with Crippen molar-refractivity contribution in [3.63, 3.8) is 0 Å². The van der Waals surface area contributed by atoms with Gasteiger partial charge in [-0.25, -0.2) is 9.78 Å². The molecular weight excluding hydrogens is 280 g/mol. The predicted molar refractivity (Wildman–Crippen MR) is 73.8 cm³/mol. The largest absolute Gasteiger partial charge is 0.480 e. The Bertz CT molecular complexity index is 502. The molecule has 2 rings (SSSR count). The molecule has 0 spiro atoms. The lowest BCUT2D eigenvalue weighted by Crippen LogP contribution is -2.40. The van der Waals surface area contributed by atoms with E-state index in [1.807, 2.05) is 13.8 Å². The molecule has 1 aromatic heterocycles. The SMILES string of the molecule is CCOC(C)c1ncc(C(=O)N2CCCC2C(=O)O)s1. The van der Waals surface area contributed by atoms with E-state index in [1.54, 1.807) is 0 Å². The van der Waals surface area contributed by atoms with Crippen LogP contribution in [-0.2, 0) is 9.53 Å². The van der Waals surface area contributed by atoms with Crippen molar-refractivity contribution in [2.24, 2.45) is 0 Å². The normalized spacial score (nSPS) is 20.1. The Morgan fingerprint density at radius 3 is 3.05 bits per heavy atom. The number of aliphatic carboxylic acids is 1. The topological polar surface area (TPSA) is 79.7 Å². The average Bonchev–Trinajstić information content (AvgIpc) is 3.07. The smallest absolute Gasteiger partial charge is 0.326 e. The van der Waals surface area contributed by atoms with Crippen LogP contribution in [0.1, 0.15) is 47.5 Å². The third-order valence-electron chi connectivity index (χ3n) is 3.30. The molecule has 1 fully saturated rings. The highest BCUT2D eigenvalue weighted by Crippen LogP contribution is 2.26. The molecule has 7 heteroatoms. The van der Waals surface area contributed by atoms with Gasteiger partial charge >= 0.3 is 5.97 Å². The van der Waals surface area contributed by atoms with Gasteiger partial charge in [0.05, 0.1) is 6.20 Å². The fraction of sp³-hybridized carbons (Fsp3) is 0.615. The van der Waals surface area contributed by atoms with Gasteiger partial charge in [-0.1, -0.05) is 0 Å². The van der Waals surface area contributed by atoms with E-state index in [4.69, 9.17) is 9.84 Å². The van der Waals surface area contributed by atoms with Gasteiger partial charge in [-0.15, -0.1) is 11.3 Å². The van der Waals surface area contributed by atoms with Crippen LogP contribution in [0.15, 0.2) is 6.20 Å². The van der Waals surface area contributed by atoms with Crippen molar-refractivity contribution in [1.82, 2.24) is 9.88 Å². The van der Waals surface area contributed by atoms with E-state index in [-0.39, 0.29) is 12.0 Å². The minimum Gasteiger partial charge on any atom is -0.480 e. The van der Waals surface area contributed by atoms with E-state index in [2.05, 4.69) is 4.98 Å². The highest BCUT2D eigenvalue weighted by molar-refractivity contribution is 7.13. The van der Waals surface area contributed by atoms with E-state index in [0.717, 1.165) is 11.4 Å². The molecule has 1 aliphatic heterocycles. The number of hydrogen-bond acceptors (Lipinski definition) is 5. The number of carboxylic acid groups (broad SMARTS) is 1. The molecule has 1 saturated heterocycles. The maximum atomic E-state index is 12.3. The van der Waals surface area contributed by atoms with Crippen molar-refractivity contribution >= 4 is 23.2 Å². The zero-order valence-electron chi connectivity index (χ0n) is 11.5. The highest BCUT2D eigenvalue weighted by Gasteiger charge is 2.35. The maximum Gasteiger partial charge on any atom is 0.326 e. The molecule has 20 heavy (non-hydrogen) atoms. The molecule has 1 aromatic rings. The molecule has 110 valence electrons. The summed E-state index contributed by atoms with van der Waals surface area (Å²) in [6.07, 6.45) is 2.60. The quantitative estimate of drug-likeness (QED) is 0.898. The first-order chi connectivity index (χ1) is 9.54. The fourth-order valence-electron chi connectivity index (χ4n) is 2.30. The number of carbonyl (C=O) groups excluding carboxylic acids is 1. The molecule has 2 atom stereocenters. The van der Waals surface area contributed by atoms with Gasteiger partial charge in [0.25, 0.3) is 5.91 Å². The number of carbonyl (C=O) groups is 2. The number of aromatic nitrogens is 1. The monoisotopic (exact) mass is 298 g/mol. The van der Waals surface area contributed by atoms with E-state index < -0.39 is 12.0 Å². The Morgan fingerprint density at radius 2 is 2.40 bits per heavy atom. The summed E-state index contributed by atoms with van der Waals surface area (Å²) in [5.41, 5.74) is 0. The zero-order chi connectivity index (χ0) is 14.7. The number of likely N-dealkylation sites (tertiary alicyclic amines) is 1. The van der Waals surface area contributed by atoms with Crippen LogP contribution >= 0.6 is 11.3 Å². The third kappa shape index (κ3) is 2.99. The predicted octanol–water partition coefficient (Wildman–Crippen LogP) is 1.93. The van der Waals surface area contributed by atoms with Gasteiger partial charge in [0.1, 0.15) is 22.0 Å². The number of ether oxygens (including phenoxy) is 1. The van der Waals surface area contributed by atoms with E-state index >= 15 is 0 Å². The molecular formula is C13H18N2O4S. The van der Waals surface area contributed by atoms with E-state index in [9.17, 15) is 9.59 Å². The highest BCUT2D eigenvalue weighted by atomic mass is 32.1. The number of carboxylic acids is 1. The molecule has 1 amide bonds. The first-order valence-electron chi connectivity index (χ1n) is 6.65. The van der Waals surface area contributed by atoms with Crippen molar-refractivity contribution in [2.75, 3.05) is 13.2 Å².